The van der Waals surface area contributed by atoms with E-state index in [0.29, 0.717) is 6.54 Å². The Balaban J connectivity index is 1.98. The van der Waals surface area contributed by atoms with Crippen LogP contribution in [0.1, 0.15) is 18.9 Å². The Morgan fingerprint density at radius 2 is 2.06 bits per heavy atom. The molecule has 1 fully saturated rings. The predicted molar refractivity (Wildman–Crippen MR) is 63.6 cm³/mol. The number of nitrogens with two attached hydrogens (primary N) is 1. The van der Waals surface area contributed by atoms with Gasteiger partial charge in [-0.05, 0) is 18.9 Å². The van der Waals surface area contributed by atoms with E-state index in [1.165, 1.54) is 5.56 Å². The minimum absolute atomic E-state index is 0.0728. The summed E-state index contributed by atoms with van der Waals surface area (Å²) >= 11 is 0. The maximum atomic E-state index is 12.0. The van der Waals surface area contributed by atoms with Crippen LogP contribution in [0.5, 0.6) is 0 Å². The lowest BCUT2D eigenvalue weighted by Crippen LogP contribution is -2.33. The number of benzene rings is 1. The quantitative estimate of drug-likeness (QED) is 0.830. The summed E-state index contributed by atoms with van der Waals surface area (Å²) in [6, 6.07) is 10.2. The number of rotatable bonds is 4. The van der Waals surface area contributed by atoms with E-state index in [0.717, 1.165) is 13.0 Å². The number of hydrogen-bond acceptors (Lipinski definition) is 2. The molecular formula is C13H18N2O. The average Bonchev–Trinajstić information content (AvgIpc) is 3.04. The summed E-state index contributed by atoms with van der Waals surface area (Å²) in [5.41, 5.74) is 6.88. The van der Waals surface area contributed by atoms with Crippen LogP contribution in [0.25, 0.3) is 0 Å². The molecule has 1 saturated carbocycles. The van der Waals surface area contributed by atoms with E-state index in [2.05, 4.69) is 0 Å². The third kappa shape index (κ3) is 2.42. The lowest BCUT2D eigenvalue weighted by molar-refractivity contribution is -0.133. The number of amides is 1. The van der Waals surface area contributed by atoms with E-state index >= 15 is 0 Å². The van der Waals surface area contributed by atoms with Gasteiger partial charge in [0.15, 0.2) is 0 Å². The Labute approximate surface area is 96.2 Å². The van der Waals surface area contributed by atoms with Crippen molar-refractivity contribution < 1.29 is 4.79 Å². The molecule has 1 aromatic rings. The Bertz CT molecular complexity index is 363. The fraction of sp³-hybridized carbons (Fsp3) is 0.462. The second-order valence-electron chi connectivity index (χ2n) is 4.34. The van der Waals surface area contributed by atoms with Crippen molar-refractivity contribution in [2.45, 2.75) is 25.9 Å². The van der Waals surface area contributed by atoms with Crippen molar-refractivity contribution in [2.75, 3.05) is 6.54 Å². The first-order valence-corrected chi connectivity index (χ1v) is 5.80. The van der Waals surface area contributed by atoms with Crippen LogP contribution in [0.4, 0.5) is 0 Å². The topological polar surface area (TPSA) is 46.3 Å². The SMILES string of the molecule is CCN(Cc1ccccc1)C(=O)C1CC1N. The van der Waals surface area contributed by atoms with Gasteiger partial charge in [0.05, 0.1) is 5.92 Å². The van der Waals surface area contributed by atoms with E-state index in [-0.39, 0.29) is 17.9 Å². The zero-order valence-corrected chi connectivity index (χ0v) is 9.60. The van der Waals surface area contributed by atoms with Crippen LogP contribution in [-0.4, -0.2) is 23.4 Å². The zero-order chi connectivity index (χ0) is 11.5. The van der Waals surface area contributed by atoms with E-state index in [1.807, 2.05) is 42.2 Å². The molecule has 3 heteroatoms. The molecule has 86 valence electrons. The molecule has 2 rings (SSSR count). The molecule has 2 atom stereocenters. The van der Waals surface area contributed by atoms with Gasteiger partial charge in [0.25, 0.3) is 0 Å². The van der Waals surface area contributed by atoms with Gasteiger partial charge in [-0.3, -0.25) is 4.79 Å². The largest absolute Gasteiger partial charge is 0.338 e. The van der Waals surface area contributed by atoms with E-state index < -0.39 is 0 Å². The first-order chi connectivity index (χ1) is 7.72. The summed E-state index contributed by atoms with van der Waals surface area (Å²) in [6.45, 7) is 3.45. The second-order valence-corrected chi connectivity index (χ2v) is 4.34. The molecule has 2 N–H and O–H groups in total. The highest BCUT2D eigenvalue weighted by atomic mass is 16.2. The van der Waals surface area contributed by atoms with Crippen LogP contribution in [0, 0.1) is 5.92 Å². The van der Waals surface area contributed by atoms with Gasteiger partial charge in [0, 0.05) is 19.1 Å². The molecule has 0 aromatic heterocycles. The summed E-state index contributed by atoms with van der Waals surface area (Å²) in [4.78, 5) is 13.9. The molecule has 1 amide bonds. The molecule has 0 aliphatic heterocycles. The summed E-state index contributed by atoms with van der Waals surface area (Å²) in [6.07, 6.45) is 0.851. The summed E-state index contributed by atoms with van der Waals surface area (Å²) in [7, 11) is 0. The van der Waals surface area contributed by atoms with Crippen molar-refractivity contribution >= 4 is 5.91 Å². The highest BCUT2D eigenvalue weighted by Crippen LogP contribution is 2.30. The van der Waals surface area contributed by atoms with Crippen LogP contribution < -0.4 is 5.73 Å². The van der Waals surface area contributed by atoms with Crippen LogP contribution in [0.3, 0.4) is 0 Å². The molecule has 2 unspecified atom stereocenters. The van der Waals surface area contributed by atoms with Gasteiger partial charge < -0.3 is 10.6 Å². The number of carbonyl (C=O) groups excluding carboxylic acids is 1. The van der Waals surface area contributed by atoms with Crippen LogP contribution in [-0.2, 0) is 11.3 Å². The molecule has 1 aromatic carbocycles. The van der Waals surface area contributed by atoms with Crippen LogP contribution in [0.2, 0.25) is 0 Å². The molecule has 0 radical (unpaired) electrons. The van der Waals surface area contributed by atoms with Crippen LogP contribution >= 0.6 is 0 Å². The molecule has 1 aliphatic carbocycles. The van der Waals surface area contributed by atoms with Crippen molar-refractivity contribution in [3.63, 3.8) is 0 Å². The van der Waals surface area contributed by atoms with Crippen molar-refractivity contribution in [1.29, 1.82) is 0 Å². The van der Waals surface area contributed by atoms with E-state index in [1.54, 1.807) is 0 Å². The molecule has 0 bridgehead atoms. The molecule has 3 nitrogen and oxygen atoms in total. The van der Waals surface area contributed by atoms with Gasteiger partial charge in [-0.15, -0.1) is 0 Å². The van der Waals surface area contributed by atoms with E-state index in [9.17, 15) is 4.79 Å². The van der Waals surface area contributed by atoms with Crippen LogP contribution in [0.15, 0.2) is 30.3 Å². The van der Waals surface area contributed by atoms with Gasteiger partial charge in [0.2, 0.25) is 5.91 Å². The highest BCUT2D eigenvalue weighted by Gasteiger charge is 2.41. The lowest BCUT2D eigenvalue weighted by atomic mass is 10.2. The first-order valence-electron chi connectivity index (χ1n) is 5.80. The maximum absolute atomic E-state index is 12.0. The van der Waals surface area contributed by atoms with Gasteiger partial charge in [-0.1, -0.05) is 30.3 Å². The summed E-state index contributed by atoms with van der Waals surface area (Å²) in [5.74, 6) is 0.280. The lowest BCUT2D eigenvalue weighted by Gasteiger charge is -2.21. The Morgan fingerprint density at radius 3 is 2.56 bits per heavy atom. The molecule has 16 heavy (non-hydrogen) atoms. The van der Waals surface area contributed by atoms with Gasteiger partial charge >= 0.3 is 0 Å². The molecular weight excluding hydrogens is 200 g/mol. The van der Waals surface area contributed by atoms with E-state index in [4.69, 9.17) is 5.73 Å². The highest BCUT2D eigenvalue weighted by molar-refractivity contribution is 5.82. The monoisotopic (exact) mass is 218 g/mol. The van der Waals surface area contributed by atoms with Gasteiger partial charge in [-0.25, -0.2) is 0 Å². The molecule has 1 aliphatic rings. The fourth-order valence-corrected chi connectivity index (χ4v) is 1.88. The predicted octanol–water partition coefficient (Wildman–Crippen LogP) is 1.38. The third-order valence-electron chi connectivity index (χ3n) is 3.07. The van der Waals surface area contributed by atoms with Crippen molar-refractivity contribution in [3.8, 4) is 0 Å². The zero-order valence-electron chi connectivity index (χ0n) is 9.60. The maximum Gasteiger partial charge on any atom is 0.227 e. The smallest absolute Gasteiger partial charge is 0.227 e. The summed E-state index contributed by atoms with van der Waals surface area (Å²) < 4.78 is 0. The van der Waals surface area contributed by atoms with Gasteiger partial charge in [-0.2, -0.15) is 0 Å². The number of carbonyl (C=O) groups is 1. The number of nitrogens with zero attached hydrogens (tertiary/aromatic N) is 1. The molecule has 0 saturated heterocycles. The van der Waals surface area contributed by atoms with Crippen molar-refractivity contribution in [1.82, 2.24) is 4.90 Å². The fourth-order valence-electron chi connectivity index (χ4n) is 1.88. The number of hydrogen-bond donors (Lipinski definition) is 1. The van der Waals surface area contributed by atoms with Gasteiger partial charge in [0.1, 0.15) is 0 Å². The summed E-state index contributed by atoms with van der Waals surface area (Å²) in [5, 5.41) is 0. The normalized spacial score (nSPS) is 22.9. The average molecular weight is 218 g/mol. The van der Waals surface area contributed by atoms with Crippen molar-refractivity contribution in [2.24, 2.45) is 11.7 Å². The Hall–Kier alpha value is -1.35. The second kappa shape index (κ2) is 4.66. The molecule has 0 spiro atoms. The standard InChI is InChI=1S/C13H18N2O/c1-2-15(13(16)11-8-12(11)14)9-10-6-4-3-5-7-10/h3-7,11-12H,2,8-9,14H2,1H3. The third-order valence-corrected chi connectivity index (χ3v) is 3.07. The Morgan fingerprint density at radius 1 is 1.44 bits per heavy atom. The molecule has 0 heterocycles. The minimum Gasteiger partial charge on any atom is -0.338 e. The Kier molecular flexibility index (Phi) is 3.25. The minimum atomic E-state index is 0.0728. The first kappa shape index (κ1) is 11.1. The van der Waals surface area contributed by atoms with Crippen molar-refractivity contribution in [3.05, 3.63) is 35.9 Å².